The Bertz CT molecular complexity index is 581. The summed E-state index contributed by atoms with van der Waals surface area (Å²) in [5, 5.41) is 11.7. The van der Waals surface area contributed by atoms with E-state index >= 15 is 0 Å². The Morgan fingerprint density at radius 2 is 2.08 bits per heavy atom. The summed E-state index contributed by atoms with van der Waals surface area (Å²) in [6.07, 6.45) is 4.30. The largest absolute Gasteiger partial charge is 0.370 e. The molecule has 1 unspecified atom stereocenters. The van der Waals surface area contributed by atoms with E-state index in [-0.39, 0.29) is 36.2 Å². The Labute approximate surface area is 161 Å². The molecule has 2 heterocycles. The molecule has 1 fully saturated rings. The highest BCUT2D eigenvalue weighted by molar-refractivity contribution is 5.85. The first kappa shape index (κ1) is 22.2. The second-order valence-corrected chi connectivity index (χ2v) is 6.51. The minimum Gasteiger partial charge on any atom is -0.370 e. The number of amides is 1. The molecule has 1 aliphatic heterocycles. The molecule has 10 heteroatoms. The van der Waals surface area contributed by atoms with Crippen LogP contribution in [-0.2, 0) is 11.2 Å². The number of rotatable bonds is 8. The van der Waals surface area contributed by atoms with Crippen LogP contribution in [0.4, 0.5) is 0 Å². The van der Waals surface area contributed by atoms with Crippen molar-refractivity contribution in [3.63, 3.8) is 0 Å². The molecule has 148 valence electrons. The van der Waals surface area contributed by atoms with Gasteiger partial charge in [0, 0.05) is 38.9 Å². The maximum absolute atomic E-state index is 13.0. The number of aromatic nitrogens is 3. The predicted molar refractivity (Wildman–Crippen MR) is 104 cm³/mol. The lowest BCUT2D eigenvalue weighted by Gasteiger charge is -2.32. The number of carbonyl (C=O) groups is 1. The van der Waals surface area contributed by atoms with E-state index in [1.807, 2.05) is 11.1 Å². The van der Waals surface area contributed by atoms with E-state index in [4.69, 9.17) is 11.5 Å². The Morgan fingerprint density at radius 3 is 2.69 bits per heavy atom. The number of hydrogen-bond acceptors (Lipinski definition) is 5. The molecule has 0 bridgehead atoms. The average molecular weight is 387 g/mol. The van der Waals surface area contributed by atoms with Gasteiger partial charge in [0.25, 0.3) is 0 Å². The minimum absolute atomic E-state index is 0. The van der Waals surface area contributed by atoms with Crippen LogP contribution >= 0.6 is 12.4 Å². The lowest BCUT2D eigenvalue weighted by atomic mass is 9.97. The maximum atomic E-state index is 13.0. The van der Waals surface area contributed by atoms with E-state index in [1.54, 1.807) is 4.68 Å². The number of piperazine rings is 1. The van der Waals surface area contributed by atoms with Gasteiger partial charge in [0.15, 0.2) is 5.96 Å². The summed E-state index contributed by atoms with van der Waals surface area (Å²) in [5.74, 6) is 0.425. The minimum atomic E-state index is -0.304. The summed E-state index contributed by atoms with van der Waals surface area (Å²) < 4.78 is 1.73. The number of nitrogens with zero attached hydrogens (tertiary/aromatic N) is 5. The first-order valence-electron chi connectivity index (χ1n) is 8.98. The average Bonchev–Trinajstić information content (AvgIpc) is 3.07. The highest BCUT2D eigenvalue weighted by Crippen LogP contribution is 2.23. The van der Waals surface area contributed by atoms with Crippen LogP contribution in [0.5, 0.6) is 0 Å². The van der Waals surface area contributed by atoms with Crippen molar-refractivity contribution in [2.24, 2.45) is 22.4 Å². The Balaban J connectivity index is 0.00000338. The molecule has 2 rings (SSSR count). The quantitative estimate of drug-likeness (QED) is 0.326. The fourth-order valence-electron chi connectivity index (χ4n) is 2.95. The van der Waals surface area contributed by atoms with Crippen molar-refractivity contribution in [1.29, 1.82) is 0 Å². The number of nitrogens with two attached hydrogens (primary N) is 2. The van der Waals surface area contributed by atoms with Crippen molar-refractivity contribution in [2.45, 2.75) is 39.2 Å². The van der Waals surface area contributed by atoms with Crippen LogP contribution in [0.2, 0.25) is 0 Å². The molecule has 0 spiro atoms. The standard InChI is InChI=1S/C16H30N8O.ClH/c1-3-12(2)14(15(25)23-9-7-19-8-10-23)24-11-13(21-22-24)5-4-6-20-16(17)18;/h11-12,14,19H,3-10H2,1-2H3,(H4,17,18,20);1H/t12?,14-;/m1./s1. The zero-order valence-corrected chi connectivity index (χ0v) is 16.4. The Hall–Kier alpha value is -1.87. The maximum Gasteiger partial charge on any atom is 0.247 e. The fraction of sp³-hybridized carbons (Fsp3) is 0.750. The molecular weight excluding hydrogens is 356 g/mol. The van der Waals surface area contributed by atoms with Crippen molar-refractivity contribution in [2.75, 3.05) is 32.7 Å². The van der Waals surface area contributed by atoms with Gasteiger partial charge in [-0.05, 0) is 18.8 Å². The first-order chi connectivity index (χ1) is 12.0. The zero-order chi connectivity index (χ0) is 18.2. The summed E-state index contributed by atoms with van der Waals surface area (Å²) >= 11 is 0. The van der Waals surface area contributed by atoms with Crippen molar-refractivity contribution >= 4 is 24.3 Å². The number of halogens is 1. The number of aliphatic imine (C=N–C) groups is 1. The fourth-order valence-corrected chi connectivity index (χ4v) is 2.95. The van der Waals surface area contributed by atoms with Gasteiger partial charge in [-0.25, -0.2) is 4.68 Å². The van der Waals surface area contributed by atoms with Gasteiger partial charge in [0.2, 0.25) is 5.91 Å². The second-order valence-electron chi connectivity index (χ2n) is 6.51. The van der Waals surface area contributed by atoms with Crippen molar-refractivity contribution in [1.82, 2.24) is 25.2 Å². The molecular formula is C16H31ClN8O. The monoisotopic (exact) mass is 386 g/mol. The van der Waals surface area contributed by atoms with Crippen molar-refractivity contribution in [3.05, 3.63) is 11.9 Å². The van der Waals surface area contributed by atoms with Gasteiger partial charge in [0.1, 0.15) is 6.04 Å². The lowest BCUT2D eigenvalue weighted by molar-refractivity contribution is -0.137. The highest BCUT2D eigenvalue weighted by Gasteiger charge is 2.31. The van der Waals surface area contributed by atoms with E-state index < -0.39 is 0 Å². The van der Waals surface area contributed by atoms with Gasteiger partial charge in [-0.2, -0.15) is 0 Å². The molecule has 5 N–H and O–H groups in total. The molecule has 0 saturated carbocycles. The third-order valence-electron chi connectivity index (χ3n) is 4.59. The van der Waals surface area contributed by atoms with Crippen molar-refractivity contribution in [3.8, 4) is 0 Å². The van der Waals surface area contributed by atoms with Crippen LogP contribution in [0.1, 0.15) is 38.4 Å². The molecule has 1 amide bonds. The molecule has 0 aliphatic carbocycles. The number of carbonyl (C=O) groups excluding carboxylic acids is 1. The van der Waals surface area contributed by atoms with Gasteiger partial charge in [-0.1, -0.05) is 25.5 Å². The SMILES string of the molecule is CCC(C)[C@H](C(=O)N1CCNCC1)n1cc(CCCN=C(N)N)nn1.Cl. The number of hydrogen-bond donors (Lipinski definition) is 3. The smallest absolute Gasteiger partial charge is 0.247 e. The molecule has 2 atom stereocenters. The van der Waals surface area contributed by atoms with E-state index in [0.29, 0.717) is 6.54 Å². The first-order valence-corrected chi connectivity index (χ1v) is 8.98. The third kappa shape index (κ3) is 6.14. The topological polar surface area (TPSA) is 127 Å². The van der Waals surface area contributed by atoms with Gasteiger partial charge in [0.05, 0.1) is 5.69 Å². The van der Waals surface area contributed by atoms with Crippen LogP contribution in [0, 0.1) is 5.92 Å². The summed E-state index contributed by atoms with van der Waals surface area (Å²) in [4.78, 5) is 18.9. The molecule has 9 nitrogen and oxygen atoms in total. The second kappa shape index (κ2) is 11.0. The highest BCUT2D eigenvalue weighted by atomic mass is 35.5. The van der Waals surface area contributed by atoms with Crippen LogP contribution in [0.25, 0.3) is 0 Å². The van der Waals surface area contributed by atoms with Crippen LogP contribution in [-0.4, -0.2) is 64.5 Å². The third-order valence-corrected chi connectivity index (χ3v) is 4.59. The molecule has 1 aromatic heterocycles. The van der Waals surface area contributed by atoms with Crippen LogP contribution < -0.4 is 16.8 Å². The van der Waals surface area contributed by atoms with Gasteiger partial charge in [-0.3, -0.25) is 9.79 Å². The van der Waals surface area contributed by atoms with Gasteiger partial charge >= 0.3 is 0 Å². The van der Waals surface area contributed by atoms with Crippen molar-refractivity contribution < 1.29 is 4.79 Å². The number of nitrogens with one attached hydrogen (secondary N) is 1. The predicted octanol–water partition coefficient (Wildman–Crippen LogP) is -0.0751. The summed E-state index contributed by atoms with van der Waals surface area (Å²) in [6.45, 7) is 7.90. The normalized spacial score (nSPS) is 16.5. The zero-order valence-electron chi connectivity index (χ0n) is 15.6. The van der Waals surface area contributed by atoms with E-state index in [1.165, 1.54) is 0 Å². The molecule has 26 heavy (non-hydrogen) atoms. The Kier molecular flexibility index (Phi) is 9.36. The van der Waals surface area contributed by atoms with E-state index in [2.05, 4.69) is 34.5 Å². The van der Waals surface area contributed by atoms with Crippen LogP contribution in [0.15, 0.2) is 11.2 Å². The van der Waals surface area contributed by atoms with E-state index in [9.17, 15) is 4.79 Å². The Morgan fingerprint density at radius 1 is 1.38 bits per heavy atom. The summed E-state index contributed by atoms with van der Waals surface area (Å²) in [7, 11) is 0. The number of aryl methyl sites for hydroxylation is 1. The number of guanidine groups is 1. The van der Waals surface area contributed by atoms with E-state index in [0.717, 1.165) is 51.1 Å². The van der Waals surface area contributed by atoms with Crippen LogP contribution in [0.3, 0.4) is 0 Å². The molecule has 1 aromatic rings. The van der Waals surface area contributed by atoms with Gasteiger partial charge in [-0.15, -0.1) is 17.5 Å². The van der Waals surface area contributed by atoms with Gasteiger partial charge < -0.3 is 21.7 Å². The summed E-state index contributed by atoms with van der Waals surface area (Å²) in [6, 6.07) is -0.304. The molecule has 1 aliphatic rings. The lowest BCUT2D eigenvalue weighted by Crippen LogP contribution is -2.49. The molecule has 0 radical (unpaired) electrons. The summed E-state index contributed by atoms with van der Waals surface area (Å²) in [5.41, 5.74) is 11.5. The molecule has 1 saturated heterocycles. The molecule has 0 aromatic carbocycles.